The van der Waals surface area contributed by atoms with E-state index in [2.05, 4.69) is 15.0 Å². The van der Waals surface area contributed by atoms with Crippen LogP contribution in [0.4, 0.5) is 18.9 Å². The van der Waals surface area contributed by atoms with E-state index in [1.807, 2.05) is 0 Å². The van der Waals surface area contributed by atoms with E-state index < -0.39 is 56.6 Å². The minimum atomic E-state index is -4.46. The highest BCUT2D eigenvalue weighted by molar-refractivity contribution is 7.89. The number of anilines is 1. The Balaban J connectivity index is 1.86. The predicted octanol–water partition coefficient (Wildman–Crippen LogP) is 2.93. The van der Waals surface area contributed by atoms with Gasteiger partial charge in [0.25, 0.3) is 11.8 Å². The molecule has 2 aromatic heterocycles. The second-order valence-electron chi connectivity index (χ2n) is 6.96. The first-order valence-corrected chi connectivity index (χ1v) is 9.88. The zero-order valence-corrected chi connectivity index (χ0v) is 16.3. The number of carbonyl (C=O) groups excluding carboxylic acids is 1. The third-order valence-electron chi connectivity index (χ3n) is 4.26. The Kier molecular flexibility index (Phi) is 4.97. The van der Waals surface area contributed by atoms with Crippen molar-refractivity contribution >= 4 is 33.2 Å². The lowest BCUT2D eigenvalue weighted by atomic mass is 9.76. The normalized spacial score (nSPS) is 17.8. The molecule has 0 aromatic carbocycles. The van der Waals surface area contributed by atoms with E-state index >= 15 is 0 Å². The summed E-state index contributed by atoms with van der Waals surface area (Å²) in [4.78, 5) is 15.3. The number of hydrogen-bond acceptors (Lipinski definition) is 4. The highest BCUT2D eigenvalue weighted by Gasteiger charge is 2.55. The predicted molar refractivity (Wildman–Crippen MR) is 95.5 cm³/mol. The maximum absolute atomic E-state index is 14.8. The van der Waals surface area contributed by atoms with Gasteiger partial charge < -0.3 is 9.88 Å². The van der Waals surface area contributed by atoms with Crippen molar-refractivity contribution in [2.24, 2.45) is 7.05 Å². The highest BCUT2D eigenvalue weighted by atomic mass is 35.5. The number of halogens is 4. The number of alkyl halides is 2. The fourth-order valence-electron chi connectivity index (χ4n) is 3.23. The Hall–Kier alpha value is -2.11. The molecule has 0 spiro atoms. The van der Waals surface area contributed by atoms with E-state index in [4.69, 9.17) is 11.6 Å². The number of pyridine rings is 1. The Morgan fingerprint density at radius 1 is 1.36 bits per heavy atom. The van der Waals surface area contributed by atoms with Crippen molar-refractivity contribution in [1.82, 2.24) is 14.3 Å². The molecule has 2 heterocycles. The topological polar surface area (TPSA) is 93.1 Å². The van der Waals surface area contributed by atoms with Gasteiger partial charge >= 0.3 is 0 Å². The van der Waals surface area contributed by atoms with Gasteiger partial charge in [0.05, 0.1) is 0 Å². The Labute approximate surface area is 163 Å². The Morgan fingerprint density at radius 2 is 2.00 bits per heavy atom. The lowest BCUT2D eigenvalue weighted by Crippen LogP contribution is -2.60. The van der Waals surface area contributed by atoms with Gasteiger partial charge in [0.15, 0.2) is 5.82 Å². The second-order valence-corrected chi connectivity index (χ2v) is 9.00. The van der Waals surface area contributed by atoms with Crippen LogP contribution in [0.5, 0.6) is 0 Å². The summed E-state index contributed by atoms with van der Waals surface area (Å²) in [5.74, 6) is -5.17. The summed E-state index contributed by atoms with van der Waals surface area (Å²) in [6.45, 7) is 1.31. The van der Waals surface area contributed by atoms with E-state index in [0.717, 1.165) is 10.8 Å². The maximum Gasteiger partial charge on any atom is 0.275 e. The second kappa shape index (κ2) is 6.75. The van der Waals surface area contributed by atoms with Crippen LogP contribution in [0.2, 0.25) is 5.15 Å². The standard InChI is InChI=1S/C16H16ClF3N4O3S/c1-15(7-16(19,20)8-15)23-28(26,27)10-6-24(2)13(12(10)18)14(25)22-9-3-4-21-11(17)5-9/h3-6,23H,7-8H2,1-2H3,(H,21,22,25). The summed E-state index contributed by atoms with van der Waals surface area (Å²) >= 11 is 5.72. The van der Waals surface area contributed by atoms with E-state index in [1.165, 1.54) is 32.3 Å². The van der Waals surface area contributed by atoms with Gasteiger partial charge in [0, 0.05) is 43.5 Å². The van der Waals surface area contributed by atoms with Crippen molar-refractivity contribution < 1.29 is 26.4 Å². The third kappa shape index (κ3) is 4.01. The minimum Gasteiger partial charge on any atom is -0.343 e. The van der Waals surface area contributed by atoms with Crippen molar-refractivity contribution in [1.29, 1.82) is 0 Å². The van der Waals surface area contributed by atoms with Crippen molar-refractivity contribution in [3.63, 3.8) is 0 Å². The van der Waals surface area contributed by atoms with E-state index in [9.17, 15) is 26.4 Å². The Bertz CT molecular complexity index is 1050. The molecule has 0 unspecified atom stereocenters. The highest BCUT2D eigenvalue weighted by Crippen LogP contribution is 2.46. The van der Waals surface area contributed by atoms with Crippen LogP contribution in [-0.4, -0.2) is 35.3 Å². The molecule has 0 radical (unpaired) electrons. The summed E-state index contributed by atoms with van der Waals surface area (Å²) in [6, 6.07) is 2.75. The molecule has 3 rings (SSSR count). The first-order valence-electron chi connectivity index (χ1n) is 8.01. The van der Waals surface area contributed by atoms with Gasteiger partial charge in [0.1, 0.15) is 15.7 Å². The molecular weight excluding hydrogens is 421 g/mol. The average Bonchev–Trinajstić information content (AvgIpc) is 2.80. The molecule has 152 valence electrons. The fraction of sp³-hybridized carbons (Fsp3) is 0.375. The summed E-state index contributed by atoms with van der Waals surface area (Å²) in [5.41, 5.74) is -1.70. The van der Waals surface area contributed by atoms with Crippen LogP contribution in [0.1, 0.15) is 30.3 Å². The number of amides is 1. The number of nitrogens with one attached hydrogen (secondary N) is 2. The molecule has 1 saturated carbocycles. The van der Waals surface area contributed by atoms with Gasteiger partial charge in [-0.05, 0) is 19.1 Å². The molecule has 0 saturated heterocycles. The zero-order chi connectivity index (χ0) is 20.9. The molecule has 0 aliphatic heterocycles. The van der Waals surface area contributed by atoms with Crippen LogP contribution in [0, 0.1) is 5.82 Å². The summed E-state index contributed by atoms with van der Waals surface area (Å²) in [6.07, 6.45) is 0.855. The molecule has 7 nitrogen and oxygen atoms in total. The smallest absolute Gasteiger partial charge is 0.275 e. The summed E-state index contributed by atoms with van der Waals surface area (Å²) in [5, 5.41) is 2.49. The van der Waals surface area contributed by atoms with Crippen molar-refractivity contribution in [2.45, 2.75) is 36.1 Å². The number of aryl methyl sites for hydroxylation is 1. The van der Waals surface area contributed by atoms with Crippen LogP contribution in [-0.2, 0) is 17.1 Å². The van der Waals surface area contributed by atoms with Crippen LogP contribution >= 0.6 is 11.6 Å². The number of carbonyl (C=O) groups is 1. The van der Waals surface area contributed by atoms with E-state index in [1.54, 1.807) is 0 Å². The molecule has 28 heavy (non-hydrogen) atoms. The average molecular weight is 437 g/mol. The van der Waals surface area contributed by atoms with Gasteiger partial charge in [-0.15, -0.1) is 0 Å². The summed E-state index contributed by atoms with van der Waals surface area (Å²) in [7, 11) is -3.18. The largest absolute Gasteiger partial charge is 0.343 e. The SMILES string of the molecule is Cn1cc(S(=O)(=O)NC2(C)CC(F)(F)C2)c(F)c1C(=O)Nc1ccnc(Cl)c1. The molecule has 1 amide bonds. The number of aromatic nitrogens is 2. The summed E-state index contributed by atoms with van der Waals surface area (Å²) < 4.78 is 69.1. The molecule has 12 heteroatoms. The minimum absolute atomic E-state index is 0.100. The number of hydrogen-bond donors (Lipinski definition) is 2. The molecule has 1 aliphatic rings. The maximum atomic E-state index is 14.8. The molecular formula is C16H16ClF3N4O3S. The molecule has 1 aliphatic carbocycles. The van der Waals surface area contributed by atoms with Gasteiger partial charge in [-0.2, -0.15) is 0 Å². The first kappa shape index (κ1) is 20.6. The molecule has 1 fully saturated rings. The molecule has 0 atom stereocenters. The lowest BCUT2D eigenvalue weighted by Gasteiger charge is -2.44. The van der Waals surface area contributed by atoms with E-state index in [0.29, 0.717) is 0 Å². The molecule has 0 bridgehead atoms. The molecule has 2 aromatic rings. The van der Waals surface area contributed by atoms with Crippen molar-refractivity contribution in [3.05, 3.63) is 41.2 Å². The van der Waals surface area contributed by atoms with Crippen molar-refractivity contribution in [2.75, 3.05) is 5.32 Å². The first-order chi connectivity index (χ1) is 12.8. The molecule has 2 N–H and O–H groups in total. The van der Waals surface area contributed by atoms with Crippen LogP contribution < -0.4 is 10.0 Å². The quantitative estimate of drug-likeness (QED) is 0.705. The zero-order valence-electron chi connectivity index (χ0n) is 14.8. The van der Waals surface area contributed by atoms with Gasteiger partial charge in [-0.1, -0.05) is 11.6 Å². The number of sulfonamides is 1. The number of nitrogens with zero attached hydrogens (tertiary/aromatic N) is 2. The number of rotatable bonds is 5. The van der Waals surface area contributed by atoms with Gasteiger partial charge in [0.2, 0.25) is 10.0 Å². The van der Waals surface area contributed by atoms with Crippen LogP contribution in [0.3, 0.4) is 0 Å². The monoisotopic (exact) mass is 436 g/mol. The van der Waals surface area contributed by atoms with Crippen LogP contribution in [0.15, 0.2) is 29.4 Å². The fourth-order valence-corrected chi connectivity index (χ4v) is 4.93. The Morgan fingerprint density at radius 3 is 2.57 bits per heavy atom. The third-order valence-corrected chi connectivity index (χ3v) is 6.09. The van der Waals surface area contributed by atoms with E-state index in [-0.39, 0.29) is 10.8 Å². The van der Waals surface area contributed by atoms with Gasteiger partial charge in [-0.3, -0.25) is 4.79 Å². The lowest BCUT2D eigenvalue weighted by molar-refractivity contribution is -0.121. The van der Waals surface area contributed by atoms with Gasteiger partial charge in [-0.25, -0.2) is 31.3 Å². The van der Waals surface area contributed by atoms with Crippen LogP contribution in [0.25, 0.3) is 0 Å². The van der Waals surface area contributed by atoms with Crippen molar-refractivity contribution in [3.8, 4) is 0 Å².